The molecule has 1 N–H and O–H groups in total. The van der Waals surface area contributed by atoms with Crippen molar-refractivity contribution in [3.63, 3.8) is 0 Å². The Labute approximate surface area is 153 Å². The fraction of sp³-hybridized carbons (Fsp3) is 0.136. The minimum Gasteiger partial charge on any atom is -0.489 e. The lowest BCUT2D eigenvalue weighted by atomic mass is 10.1. The highest BCUT2D eigenvalue weighted by Crippen LogP contribution is 2.16. The quantitative estimate of drug-likeness (QED) is 0.631. The molecule has 4 heteroatoms. The maximum absolute atomic E-state index is 11.4. The molecule has 0 bridgehead atoms. The number of hydrogen-bond acceptors (Lipinski definition) is 4. The fourth-order valence-corrected chi connectivity index (χ4v) is 2.49. The summed E-state index contributed by atoms with van der Waals surface area (Å²) >= 11 is 0. The maximum Gasteiger partial charge on any atom is 0.337 e. The molecule has 0 aromatic heterocycles. The van der Waals surface area contributed by atoms with Gasteiger partial charge in [0.25, 0.3) is 0 Å². The highest BCUT2D eigenvalue weighted by molar-refractivity contribution is 5.89. The smallest absolute Gasteiger partial charge is 0.337 e. The van der Waals surface area contributed by atoms with Gasteiger partial charge in [0.1, 0.15) is 12.4 Å². The Morgan fingerprint density at radius 2 is 1.50 bits per heavy atom. The van der Waals surface area contributed by atoms with Gasteiger partial charge in [-0.2, -0.15) is 0 Å². The van der Waals surface area contributed by atoms with Gasteiger partial charge in [-0.1, -0.05) is 42.5 Å². The number of ether oxygens (including phenoxy) is 2. The summed E-state index contributed by atoms with van der Waals surface area (Å²) < 4.78 is 10.5. The summed E-state index contributed by atoms with van der Waals surface area (Å²) in [5.41, 5.74) is 3.81. The molecular formula is C22H21NO3. The molecule has 0 aliphatic carbocycles. The first-order chi connectivity index (χ1) is 12.7. The van der Waals surface area contributed by atoms with E-state index in [2.05, 4.69) is 10.1 Å². The third-order valence-electron chi connectivity index (χ3n) is 3.97. The summed E-state index contributed by atoms with van der Waals surface area (Å²) in [6.45, 7) is 1.21. The lowest BCUT2D eigenvalue weighted by Crippen LogP contribution is -2.02. The Morgan fingerprint density at radius 1 is 0.846 bits per heavy atom. The molecule has 0 unspecified atom stereocenters. The van der Waals surface area contributed by atoms with Crippen LogP contribution in [0.2, 0.25) is 0 Å². The van der Waals surface area contributed by atoms with Gasteiger partial charge in [0.2, 0.25) is 0 Å². The zero-order valence-electron chi connectivity index (χ0n) is 14.6. The number of benzene rings is 3. The molecule has 3 aromatic carbocycles. The highest BCUT2D eigenvalue weighted by Gasteiger charge is 2.04. The number of carbonyl (C=O) groups excluding carboxylic acids is 1. The van der Waals surface area contributed by atoms with Gasteiger partial charge in [-0.15, -0.1) is 0 Å². The Hall–Kier alpha value is -3.27. The van der Waals surface area contributed by atoms with Gasteiger partial charge in [0, 0.05) is 12.2 Å². The van der Waals surface area contributed by atoms with Crippen LogP contribution in [0, 0.1) is 0 Å². The van der Waals surface area contributed by atoms with Crippen molar-refractivity contribution in [2.24, 2.45) is 0 Å². The zero-order valence-corrected chi connectivity index (χ0v) is 14.6. The molecule has 0 fully saturated rings. The SMILES string of the molecule is COC(=O)c1ccc(COc2ccc(CNc3ccccc3)cc2)cc1. The van der Waals surface area contributed by atoms with E-state index in [0.29, 0.717) is 12.2 Å². The van der Waals surface area contributed by atoms with Gasteiger partial charge in [-0.3, -0.25) is 0 Å². The molecule has 0 aliphatic rings. The van der Waals surface area contributed by atoms with E-state index < -0.39 is 0 Å². The summed E-state index contributed by atoms with van der Waals surface area (Å²) in [7, 11) is 1.37. The topological polar surface area (TPSA) is 47.6 Å². The molecule has 132 valence electrons. The molecule has 3 rings (SSSR count). The van der Waals surface area contributed by atoms with Crippen LogP contribution in [-0.4, -0.2) is 13.1 Å². The van der Waals surface area contributed by atoms with Crippen LogP contribution >= 0.6 is 0 Å². The van der Waals surface area contributed by atoms with Crippen LogP contribution < -0.4 is 10.1 Å². The van der Waals surface area contributed by atoms with E-state index in [1.807, 2.05) is 66.7 Å². The Kier molecular flexibility index (Phi) is 5.88. The minimum absolute atomic E-state index is 0.336. The number of nitrogens with one attached hydrogen (secondary N) is 1. The highest BCUT2D eigenvalue weighted by atomic mass is 16.5. The fourth-order valence-electron chi connectivity index (χ4n) is 2.49. The summed E-state index contributed by atoms with van der Waals surface area (Å²) in [6.07, 6.45) is 0. The third kappa shape index (κ3) is 4.86. The third-order valence-corrected chi connectivity index (χ3v) is 3.97. The standard InChI is InChI=1S/C22H21NO3/c1-25-22(24)19-11-7-18(8-12-19)16-26-21-13-9-17(10-14-21)15-23-20-5-3-2-4-6-20/h2-14,23H,15-16H2,1H3. The van der Waals surface area contributed by atoms with Crippen LogP contribution in [0.3, 0.4) is 0 Å². The lowest BCUT2D eigenvalue weighted by molar-refractivity contribution is 0.0600. The van der Waals surface area contributed by atoms with Gasteiger partial charge >= 0.3 is 5.97 Å². The average molecular weight is 347 g/mol. The van der Waals surface area contributed by atoms with Crippen molar-refractivity contribution in [1.29, 1.82) is 0 Å². The largest absolute Gasteiger partial charge is 0.489 e. The van der Waals surface area contributed by atoms with Gasteiger partial charge < -0.3 is 14.8 Å². The van der Waals surface area contributed by atoms with E-state index in [1.54, 1.807) is 12.1 Å². The van der Waals surface area contributed by atoms with Crippen LogP contribution in [0.25, 0.3) is 0 Å². The number of methoxy groups -OCH3 is 1. The molecule has 4 nitrogen and oxygen atoms in total. The van der Waals surface area contributed by atoms with Crippen LogP contribution in [0.1, 0.15) is 21.5 Å². The number of hydrogen-bond donors (Lipinski definition) is 1. The first kappa shape index (κ1) is 17.5. The molecule has 0 aliphatic heterocycles. The normalized spacial score (nSPS) is 10.2. The van der Waals surface area contributed by atoms with Gasteiger partial charge in [0.15, 0.2) is 0 Å². The molecule has 0 radical (unpaired) electrons. The van der Waals surface area contributed by atoms with Crippen molar-refractivity contribution in [3.05, 3.63) is 95.6 Å². The molecule has 0 heterocycles. The number of anilines is 1. The van der Waals surface area contributed by atoms with Gasteiger partial charge in [-0.25, -0.2) is 4.79 Å². The van der Waals surface area contributed by atoms with Crippen molar-refractivity contribution in [1.82, 2.24) is 0 Å². The van der Waals surface area contributed by atoms with Crippen LogP contribution in [0.5, 0.6) is 5.75 Å². The number of para-hydroxylation sites is 1. The first-order valence-corrected chi connectivity index (χ1v) is 8.42. The van der Waals surface area contributed by atoms with Crippen molar-refractivity contribution in [2.45, 2.75) is 13.2 Å². The molecule has 3 aromatic rings. The van der Waals surface area contributed by atoms with Crippen molar-refractivity contribution >= 4 is 11.7 Å². The first-order valence-electron chi connectivity index (χ1n) is 8.42. The van der Waals surface area contributed by atoms with Crippen LogP contribution in [0.4, 0.5) is 5.69 Å². The summed E-state index contributed by atoms with van der Waals surface area (Å²) in [5, 5.41) is 3.38. The van der Waals surface area contributed by atoms with Crippen molar-refractivity contribution < 1.29 is 14.3 Å². The Bertz CT molecular complexity index is 828. The van der Waals surface area contributed by atoms with E-state index in [1.165, 1.54) is 12.7 Å². The minimum atomic E-state index is -0.336. The molecule has 0 saturated heterocycles. The molecule has 0 saturated carbocycles. The zero-order chi connectivity index (χ0) is 18.2. The summed E-state index contributed by atoms with van der Waals surface area (Å²) in [4.78, 5) is 11.4. The summed E-state index contributed by atoms with van der Waals surface area (Å²) in [6, 6.07) is 25.3. The Morgan fingerprint density at radius 3 is 2.15 bits per heavy atom. The molecule has 0 atom stereocenters. The van der Waals surface area contributed by atoms with E-state index in [0.717, 1.165) is 23.5 Å². The Balaban J connectivity index is 1.50. The van der Waals surface area contributed by atoms with Gasteiger partial charge in [0.05, 0.1) is 12.7 Å². The van der Waals surface area contributed by atoms with Crippen LogP contribution in [-0.2, 0) is 17.9 Å². The second-order valence-corrected chi connectivity index (χ2v) is 5.84. The van der Waals surface area contributed by atoms with E-state index in [-0.39, 0.29) is 5.97 Å². The second kappa shape index (κ2) is 8.72. The lowest BCUT2D eigenvalue weighted by Gasteiger charge is -2.09. The second-order valence-electron chi connectivity index (χ2n) is 5.84. The van der Waals surface area contributed by atoms with Crippen molar-refractivity contribution in [3.8, 4) is 5.75 Å². The van der Waals surface area contributed by atoms with Gasteiger partial charge in [-0.05, 0) is 47.5 Å². The molecular weight excluding hydrogens is 326 g/mol. The van der Waals surface area contributed by atoms with Crippen LogP contribution in [0.15, 0.2) is 78.9 Å². The predicted molar refractivity (Wildman–Crippen MR) is 102 cm³/mol. The number of esters is 1. The maximum atomic E-state index is 11.4. The molecule has 0 spiro atoms. The number of carbonyl (C=O) groups is 1. The average Bonchev–Trinajstić information content (AvgIpc) is 2.72. The molecule has 0 amide bonds. The van der Waals surface area contributed by atoms with E-state index in [9.17, 15) is 4.79 Å². The van der Waals surface area contributed by atoms with Crippen molar-refractivity contribution in [2.75, 3.05) is 12.4 Å². The predicted octanol–water partition coefficient (Wildman–Crippen LogP) is 4.66. The number of rotatable bonds is 7. The van der Waals surface area contributed by atoms with E-state index in [4.69, 9.17) is 4.74 Å². The van der Waals surface area contributed by atoms with E-state index >= 15 is 0 Å². The monoisotopic (exact) mass is 347 g/mol. The summed E-state index contributed by atoms with van der Waals surface area (Å²) in [5.74, 6) is 0.475. The molecule has 26 heavy (non-hydrogen) atoms.